The molecule has 8 N–H and O–H groups in total. The number of amides is 1. The van der Waals surface area contributed by atoms with Crippen LogP contribution in [-0.2, 0) is 23.7 Å². The number of allylic oxidation sites excluding steroid dienone is 2. The van der Waals surface area contributed by atoms with Crippen LogP contribution in [0.1, 0.15) is 90.4 Å². The lowest BCUT2D eigenvalue weighted by Gasteiger charge is -2.46. The summed E-state index contributed by atoms with van der Waals surface area (Å²) in [4.78, 5) is 11.9. The number of unbranched alkanes of at least 4 members (excludes halogenated alkanes) is 9. The number of carbonyl (C=O) groups is 1. The molecule has 14 nitrogen and oxygen atoms in total. The van der Waals surface area contributed by atoms with Crippen LogP contribution in [0.25, 0.3) is 0 Å². The van der Waals surface area contributed by atoms with Crippen molar-refractivity contribution in [3.8, 4) is 0 Å². The average Bonchev–Trinajstić information content (AvgIpc) is 3.05. The number of nitrogens with one attached hydrogen (secondary N) is 1. The molecular weight excluding hydrogens is 640 g/mol. The van der Waals surface area contributed by atoms with Gasteiger partial charge in [0.25, 0.3) is 0 Å². The third kappa shape index (κ3) is 16.3. The molecule has 0 aromatic rings. The van der Waals surface area contributed by atoms with E-state index in [9.17, 15) is 40.5 Å². The maximum absolute atomic E-state index is 11.9. The van der Waals surface area contributed by atoms with Gasteiger partial charge in [-0.25, -0.2) is 0 Å². The van der Waals surface area contributed by atoms with Gasteiger partial charge in [0.15, 0.2) is 12.6 Å². The molecule has 288 valence electrons. The lowest BCUT2D eigenvalue weighted by atomic mass is 9.97. The minimum atomic E-state index is -1.71. The first kappa shape index (κ1) is 43.9. The van der Waals surface area contributed by atoms with Crippen molar-refractivity contribution in [3.05, 3.63) is 12.2 Å². The highest BCUT2D eigenvalue weighted by Gasteiger charge is 2.51. The summed E-state index contributed by atoms with van der Waals surface area (Å²) >= 11 is 0. The van der Waals surface area contributed by atoms with Gasteiger partial charge in [0.05, 0.1) is 53.6 Å². The van der Waals surface area contributed by atoms with Gasteiger partial charge in [-0.15, -0.1) is 0 Å². The van der Waals surface area contributed by atoms with E-state index in [2.05, 4.69) is 38.6 Å². The lowest BCUT2D eigenvalue weighted by Crippen LogP contribution is -2.64. The molecule has 2 aliphatic rings. The van der Waals surface area contributed by atoms with Crippen molar-refractivity contribution in [3.63, 3.8) is 0 Å². The van der Waals surface area contributed by atoms with E-state index in [1.807, 2.05) is 6.92 Å². The Bertz CT molecular complexity index is 920. The largest absolute Gasteiger partial charge is 0.394 e. The van der Waals surface area contributed by atoms with Gasteiger partial charge in [-0.2, -0.15) is 0 Å². The van der Waals surface area contributed by atoms with E-state index < -0.39 is 74.6 Å². The molecule has 0 radical (unpaired) electrons. The van der Waals surface area contributed by atoms with Gasteiger partial charge in [0.1, 0.15) is 48.8 Å². The normalized spacial score (nSPS) is 31.7. The summed E-state index contributed by atoms with van der Waals surface area (Å²) in [6.45, 7) is 2.27. The fourth-order valence-corrected chi connectivity index (χ4v) is 5.92. The van der Waals surface area contributed by atoms with E-state index in [1.165, 1.54) is 6.42 Å². The van der Waals surface area contributed by atoms with Crippen LogP contribution >= 0.6 is 0 Å². The van der Waals surface area contributed by atoms with Gasteiger partial charge in [-0.05, 0) is 45.4 Å². The highest BCUT2D eigenvalue weighted by Crippen LogP contribution is 2.30. The molecule has 2 saturated heterocycles. The van der Waals surface area contributed by atoms with Crippen molar-refractivity contribution >= 4 is 5.91 Å². The van der Waals surface area contributed by atoms with E-state index in [0.717, 1.165) is 81.8 Å². The summed E-state index contributed by atoms with van der Waals surface area (Å²) in [5.74, 6) is 0.156. The number of aliphatic hydroxyl groups is 7. The topological polar surface area (TPSA) is 208 Å². The van der Waals surface area contributed by atoms with E-state index in [-0.39, 0.29) is 12.0 Å². The first-order chi connectivity index (χ1) is 23.3. The number of rotatable bonds is 24. The molecule has 0 aliphatic carbocycles. The van der Waals surface area contributed by atoms with Gasteiger partial charge in [-0.1, -0.05) is 50.7 Å². The second-order valence-corrected chi connectivity index (χ2v) is 14.6. The number of likely N-dealkylation sites (N-methyl/N-ethyl adjacent to an activating group) is 1. The molecule has 11 atom stereocenters. The zero-order valence-corrected chi connectivity index (χ0v) is 30.1. The van der Waals surface area contributed by atoms with Crippen LogP contribution in [-0.4, -0.2) is 161 Å². The van der Waals surface area contributed by atoms with Gasteiger partial charge < -0.3 is 64.5 Å². The monoisotopic (exact) mass is 707 g/mol. The Morgan fingerprint density at radius 3 is 1.86 bits per heavy atom. The third-order valence-electron chi connectivity index (χ3n) is 9.11. The molecule has 0 aromatic carbocycles. The summed E-state index contributed by atoms with van der Waals surface area (Å²) in [6, 6.07) is 0. The number of quaternary nitrogens is 1. The molecule has 2 rings (SSSR count). The summed E-state index contributed by atoms with van der Waals surface area (Å²) in [6.07, 6.45) is 2.57. The summed E-state index contributed by atoms with van der Waals surface area (Å²) < 4.78 is 23.7. The maximum Gasteiger partial charge on any atom is 0.220 e. The van der Waals surface area contributed by atoms with E-state index in [0.29, 0.717) is 12.8 Å². The minimum absolute atomic E-state index is 0.156. The van der Waals surface area contributed by atoms with Crippen LogP contribution < -0.4 is 5.32 Å². The van der Waals surface area contributed by atoms with Gasteiger partial charge >= 0.3 is 0 Å². The maximum atomic E-state index is 11.9. The molecule has 0 bridgehead atoms. The van der Waals surface area contributed by atoms with Crippen LogP contribution in [0.5, 0.6) is 0 Å². The molecule has 11 unspecified atom stereocenters. The van der Waals surface area contributed by atoms with Gasteiger partial charge in [0.2, 0.25) is 5.91 Å². The van der Waals surface area contributed by atoms with Gasteiger partial charge in [0, 0.05) is 6.42 Å². The molecule has 49 heavy (non-hydrogen) atoms. The predicted molar refractivity (Wildman–Crippen MR) is 182 cm³/mol. The number of hydrogen-bond acceptors (Lipinski definition) is 12. The van der Waals surface area contributed by atoms with Crippen molar-refractivity contribution in [1.82, 2.24) is 5.32 Å². The molecule has 2 fully saturated rings. The Morgan fingerprint density at radius 2 is 1.27 bits per heavy atom. The Balaban J connectivity index is 1.60. The summed E-state index contributed by atoms with van der Waals surface area (Å²) in [5, 5.41) is 73.9. The van der Waals surface area contributed by atoms with E-state index >= 15 is 0 Å². The standard InChI is InChI=1S/C35H66N2O12/c1-24(18-16-14-12-10-8-6-5-7-9-11-13-15-17-19-27(40)36-20-21-37(2,3)4)46-35-33(31(44)29(42)26(23-39)48-35)49-34-32(45)30(43)28(41)25(22-38)47-34/h5-6,24-26,28-35,38-39,41-45H,7-23H2,1-4H3/p+1/b6-5-. The Kier molecular flexibility index (Phi) is 20.9. The van der Waals surface area contributed by atoms with Crippen molar-refractivity contribution in [2.45, 2.75) is 158 Å². The third-order valence-corrected chi connectivity index (χ3v) is 9.11. The van der Waals surface area contributed by atoms with Gasteiger partial charge in [-0.3, -0.25) is 4.79 Å². The zero-order chi connectivity index (χ0) is 36.4. The second-order valence-electron chi connectivity index (χ2n) is 14.6. The number of hydrogen-bond donors (Lipinski definition) is 8. The number of carbonyl (C=O) groups excluding carboxylic acids is 1. The average molecular weight is 708 g/mol. The number of aliphatic hydroxyl groups excluding tert-OH is 7. The van der Waals surface area contributed by atoms with Crippen molar-refractivity contribution in [1.29, 1.82) is 0 Å². The van der Waals surface area contributed by atoms with Crippen molar-refractivity contribution in [2.24, 2.45) is 0 Å². The first-order valence-electron chi connectivity index (χ1n) is 18.2. The molecule has 2 heterocycles. The van der Waals surface area contributed by atoms with Crippen LogP contribution in [0, 0.1) is 0 Å². The number of nitrogens with zero attached hydrogens (tertiary/aromatic N) is 1. The van der Waals surface area contributed by atoms with Crippen LogP contribution in [0.15, 0.2) is 12.2 Å². The predicted octanol–water partition coefficient (Wildman–Crippen LogP) is 0.466. The van der Waals surface area contributed by atoms with E-state index in [4.69, 9.17) is 18.9 Å². The molecule has 14 heteroatoms. The second kappa shape index (κ2) is 23.3. The Hall–Kier alpha value is -1.27. The molecule has 2 aliphatic heterocycles. The minimum Gasteiger partial charge on any atom is -0.394 e. The van der Waals surface area contributed by atoms with E-state index in [1.54, 1.807) is 0 Å². The van der Waals surface area contributed by atoms with Crippen molar-refractivity contribution in [2.75, 3.05) is 47.4 Å². The smallest absolute Gasteiger partial charge is 0.220 e. The fourth-order valence-electron chi connectivity index (χ4n) is 5.92. The quantitative estimate of drug-likeness (QED) is 0.0392. The van der Waals surface area contributed by atoms with Crippen molar-refractivity contribution < 1.29 is 64.0 Å². The first-order valence-corrected chi connectivity index (χ1v) is 18.2. The van der Waals surface area contributed by atoms with Crippen LogP contribution in [0.4, 0.5) is 0 Å². The lowest BCUT2D eigenvalue weighted by molar-refractivity contribution is -0.869. The summed E-state index contributed by atoms with van der Waals surface area (Å²) in [5.41, 5.74) is 0. The zero-order valence-electron chi connectivity index (χ0n) is 30.1. The molecule has 0 spiro atoms. The highest BCUT2D eigenvalue weighted by atomic mass is 16.8. The molecule has 0 saturated carbocycles. The van der Waals surface area contributed by atoms with Crippen LogP contribution in [0.2, 0.25) is 0 Å². The number of ether oxygens (including phenoxy) is 4. The highest BCUT2D eigenvalue weighted by molar-refractivity contribution is 5.75. The molecule has 1 amide bonds. The molecule has 0 aromatic heterocycles. The van der Waals surface area contributed by atoms with Crippen LogP contribution in [0.3, 0.4) is 0 Å². The Labute approximate surface area is 292 Å². The Morgan fingerprint density at radius 1 is 0.735 bits per heavy atom. The summed E-state index contributed by atoms with van der Waals surface area (Å²) in [7, 11) is 6.35. The molecular formula is C35H67N2O12+. The fraction of sp³-hybridized carbons (Fsp3) is 0.914. The SMILES string of the molecule is CC(CCCCCC/C=C\CCCCCCCC(=O)NCC[N+](C)(C)C)OC1OC(CO)C(O)C(O)C1OC1OC(CO)C(O)C(O)C1O.